The molecular formula is C14H21N5. The monoisotopic (exact) mass is 259 g/mol. The van der Waals surface area contributed by atoms with Gasteiger partial charge in [-0.15, -0.1) is 0 Å². The van der Waals surface area contributed by atoms with Crippen LogP contribution >= 0.6 is 0 Å². The van der Waals surface area contributed by atoms with Gasteiger partial charge < -0.3 is 15.5 Å². The van der Waals surface area contributed by atoms with Crippen molar-refractivity contribution in [2.24, 2.45) is 0 Å². The molecule has 0 bridgehead atoms. The summed E-state index contributed by atoms with van der Waals surface area (Å²) in [5, 5.41) is 0. The van der Waals surface area contributed by atoms with E-state index in [-0.39, 0.29) is 0 Å². The van der Waals surface area contributed by atoms with E-state index in [0.29, 0.717) is 5.82 Å². The number of fused-ring (bicyclic) bond motifs is 1. The van der Waals surface area contributed by atoms with Crippen molar-refractivity contribution < 1.29 is 0 Å². The van der Waals surface area contributed by atoms with Gasteiger partial charge in [-0.05, 0) is 39.2 Å². The highest BCUT2D eigenvalue weighted by Gasteiger charge is 2.10. The van der Waals surface area contributed by atoms with Crippen molar-refractivity contribution in [2.45, 2.75) is 6.42 Å². The zero-order valence-electron chi connectivity index (χ0n) is 11.8. The molecule has 0 spiro atoms. The van der Waals surface area contributed by atoms with Crippen LogP contribution in [0.25, 0.3) is 11.0 Å². The molecule has 0 fully saturated rings. The minimum absolute atomic E-state index is 0.492. The second-order valence-corrected chi connectivity index (χ2v) is 5.00. The van der Waals surface area contributed by atoms with Crippen LogP contribution in [0, 0.1) is 0 Å². The third kappa shape index (κ3) is 3.32. The molecule has 5 heteroatoms. The number of benzene rings is 1. The van der Waals surface area contributed by atoms with Crippen molar-refractivity contribution in [1.82, 2.24) is 14.9 Å². The molecule has 0 amide bonds. The SMILES string of the molecule is CN(C)CCCN(C)c1nc2ccccc2nc1N. The average molecular weight is 259 g/mol. The highest BCUT2D eigenvalue weighted by molar-refractivity contribution is 5.79. The lowest BCUT2D eigenvalue weighted by Gasteiger charge is -2.20. The predicted molar refractivity (Wildman–Crippen MR) is 80.4 cm³/mol. The first kappa shape index (κ1) is 13.5. The Labute approximate surface area is 114 Å². The lowest BCUT2D eigenvalue weighted by atomic mass is 10.3. The van der Waals surface area contributed by atoms with E-state index >= 15 is 0 Å². The number of anilines is 2. The molecule has 1 aromatic heterocycles. The van der Waals surface area contributed by atoms with Crippen molar-refractivity contribution in [2.75, 3.05) is 44.9 Å². The molecule has 0 aliphatic rings. The minimum Gasteiger partial charge on any atom is -0.381 e. The zero-order chi connectivity index (χ0) is 13.8. The zero-order valence-corrected chi connectivity index (χ0v) is 11.8. The van der Waals surface area contributed by atoms with Crippen LogP contribution in [-0.4, -0.2) is 49.1 Å². The second kappa shape index (κ2) is 5.84. The Morgan fingerprint density at radius 3 is 2.26 bits per heavy atom. The molecule has 0 aliphatic carbocycles. The van der Waals surface area contributed by atoms with E-state index in [4.69, 9.17) is 5.73 Å². The number of nitrogen functional groups attached to an aromatic ring is 1. The molecule has 0 aliphatic heterocycles. The molecule has 1 aromatic carbocycles. The molecular weight excluding hydrogens is 238 g/mol. The Bertz CT molecular complexity index is 553. The average Bonchev–Trinajstić information content (AvgIpc) is 2.37. The van der Waals surface area contributed by atoms with Crippen molar-refractivity contribution in [3.05, 3.63) is 24.3 Å². The van der Waals surface area contributed by atoms with Crippen molar-refractivity contribution in [1.29, 1.82) is 0 Å². The summed E-state index contributed by atoms with van der Waals surface area (Å²) < 4.78 is 0. The Hall–Kier alpha value is -1.88. The number of hydrogen-bond donors (Lipinski definition) is 1. The van der Waals surface area contributed by atoms with Gasteiger partial charge in [-0.3, -0.25) is 0 Å². The van der Waals surface area contributed by atoms with Gasteiger partial charge in [0.2, 0.25) is 0 Å². The van der Waals surface area contributed by atoms with E-state index in [1.807, 2.05) is 31.3 Å². The number of rotatable bonds is 5. The first-order valence-electron chi connectivity index (χ1n) is 6.46. The maximum atomic E-state index is 5.99. The molecule has 102 valence electrons. The quantitative estimate of drug-likeness (QED) is 0.884. The second-order valence-electron chi connectivity index (χ2n) is 5.00. The maximum Gasteiger partial charge on any atom is 0.171 e. The molecule has 19 heavy (non-hydrogen) atoms. The van der Waals surface area contributed by atoms with Gasteiger partial charge in [-0.2, -0.15) is 0 Å². The molecule has 5 nitrogen and oxygen atoms in total. The fraction of sp³-hybridized carbons (Fsp3) is 0.429. The smallest absolute Gasteiger partial charge is 0.171 e. The Morgan fingerprint density at radius 2 is 1.63 bits per heavy atom. The van der Waals surface area contributed by atoms with Crippen LogP contribution in [0.3, 0.4) is 0 Å². The number of hydrogen-bond acceptors (Lipinski definition) is 5. The fourth-order valence-corrected chi connectivity index (χ4v) is 2.02. The van der Waals surface area contributed by atoms with Gasteiger partial charge in [-0.25, -0.2) is 9.97 Å². The fourth-order valence-electron chi connectivity index (χ4n) is 2.02. The summed E-state index contributed by atoms with van der Waals surface area (Å²) in [7, 11) is 6.15. The van der Waals surface area contributed by atoms with Crippen molar-refractivity contribution >= 4 is 22.7 Å². The molecule has 2 N–H and O–H groups in total. The molecule has 2 rings (SSSR count). The van der Waals surface area contributed by atoms with Crippen LogP contribution in [-0.2, 0) is 0 Å². The van der Waals surface area contributed by atoms with Crippen LogP contribution in [0.4, 0.5) is 11.6 Å². The number of nitrogens with zero attached hydrogens (tertiary/aromatic N) is 4. The van der Waals surface area contributed by atoms with E-state index in [2.05, 4.69) is 33.9 Å². The number of para-hydroxylation sites is 2. The van der Waals surface area contributed by atoms with Gasteiger partial charge in [0.25, 0.3) is 0 Å². The molecule has 0 unspecified atom stereocenters. The number of nitrogens with two attached hydrogens (primary N) is 1. The first-order valence-corrected chi connectivity index (χ1v) is 6.46. The third-order valence-corrected chi connectivity index (χ3v) is 3.04. The first-order chi connectivity index (χ1) is 9.08. The molecule has 1 heterocycles. The predicted octanol–water partition coefficient (Wildman–Crippen LogP) is 1.60. The largest absolute Gasteiger partial charge is 0.381 e. The lowest BCUT2D eigenvalue weighted by Crippen LogP contribution is -2.25. The number of aromatic nitrogens is 2. The summed E-state index contributed by atoms with van der Waals surface area (Å²) in [5.41, 5.74) is 7.71. The summed E-state index contributed by atoms with van der Waals surface area (Å²) in [6.07, 6.45) is 1.07. The Kier molecular flexibility index (Phi) is 4.16. The standard InChI is InChI=1S/C14H21N5/c1-18(2)9-6-10-19(3)14-13(15)16-11-7-4-5-8-12(11)17-14/h4-5,7-8H,6,9-10H2,1-3H3,(H2,15,16). The third-order valence-electron chi connectivity index (χ3n) is 3.04. The van der Waals surface area contributed by atoms with Gasteiger partial charge in [0.05, 0.1) is 11.0 Å². The van der Waals surface area contributed by atoms with Gasteiger partial charge >= 0.3 is 0 Å². The van der Waals surface area contributed by atoms with Crippen LogP contribution in [0.5, 0.6) is 0 Å². The van der Waals surface area contributed by atoms with Crippen molar-refractivity contribution in [3.8, 4) is 0 Å². The molecule has 0 saturated heterocycles. The van der Waals surface area contributed by atoms with E-state index in [9.17, 15) is 0 Å². The Morgan fingerprint density at radius 1 is 1.00 bits per heavy atom. The van der Waals surface area contributed by atoms with Crippen molar-refractivity contribution in [3.63, 3.8) is 0 Å². The van der Waals surface area contributed by atoms with Gasteiger partial charge in [0, 0.05) is 13.6 Å². The van der Waals surface area contributed by atoms with Gasteiger partial charge in [0.1, 0.15) is 0 Å². The summed E-state index contributed by atoms with van der Waals surface area (Å²) in [4.78, 5) is 13.2. The summed E-state index contributed by atoms with van der Waals surface area (Å²) in [6.45, 7) is 1.96. The van der Waals surface area contributed by atoms with E-state index in [1.165, 1.54) is 0 Å². The summed E-state index contributed by atoms with van der Waals surface area (Å²) in [6, 6.07) is 7.79. The molecule has 0 saturated carbocycles. The molecule has 0 radical (unpaired) electrons. The van der Waals surface area contributed by atoms with E-state index in [0.717, 1.165) is 36.4 Å². The van der Waals surface area contributed by atoms with Crippen LogP contribution < -0.4 is 10.6 Å². The lowest BCUT2D eigenvalue weighted by molar-refractivity contribution is 0.401. The highest BCUT2D eigenvalue weighted by Crippen LogP contribution is 2.21. The maximum absolute atomic E-state index is 5.99. The van der Waals surface area contributed by atoms with Crippen LogP contribution in [0.2, 0.25) is 0 Å². The molecule has 2 aromatic rings. The summed E-state index contributed by atoms with van der Waals surface area (Å²) >= 11 is 0. The van der Waals surface area contributed by atoms with E-state index < -0.39 is 0 Å². The van der Waals surface area contributed by atoms with Gasteiger partial charge in [-0.1, -0.05) is 12.1 Å². The van der Waals surface area contributed by atoms with E-state index in [1.54, 1.807) is 0 Å². The Balaban J connectivity index is 2.16. The van der Waals surface area contributed by atoms with Crippen LogP contribution in [0.15, 0.2) is 24.3 Å². The molecule has 0 atom stereocenters. The topological polar surface area (TPSA) is 58.3 Å². The van der Waals surface area contributed by atoms with Crippen LogP contribution in [0.1, 0.15) is 6.42 Å². The summed E-state index contributed by atoms with van der Waals surface area (Å²) in [5.74, 6) is 1.25. The highest BCUT2D eigenvalue weighted by atomic mass is 15.2. The minimum atomic E-state index is 0.492. The van der Waals surface area contributed by atoms with Gasteiger partial charge in [0.15, 0.2) is 11.6 Å². The normalized spacial score (nSPS) is 11.2.